The third-order valence-corrected chi connectivity index (χ3v) is 4.04. The molecule has 1 aromatic carbocycles. The van der Waals surface area contributed by atoms with Crippen LogP contribution in [0.25, 0.3) is 10.9 Å². The molecule has 0 bridgehead atoms. The van der Waals surface area contributed by atoms with Gasteiger partial charge in [0.25, 0.3) is 0 Å². The van der Waals surface area contributed by atoms with Gasteiger partial charge in [-0.2, -0.15) is 0 Å². The molecule has 2 heterocycles. The SMILES string of the molecule is Clc1nc(NCc2ccc(Cl)s2)c2ccccc2n1. The molecule has 1 N–H and O–H groups in total. The summed E-state index contributed by atoms with van der Waals surface area (Å²) in [5.41, 5.74) is 0.828. The maximum Gasteiger partial charge on any atom is 0.224 e. The van der Waals surface area contributed by atoms with E-state index in [9.17, 15) is 0 Å². The Morgan fingerprint density at radius 2 is 1.89 bits per heavy atom. The third kappa shape index (κ3) is 2.81. The number of hydrogen-bond donors (Lipinski definition) is 1. The first-order valence-corrected chi connectivity index (χ1v) is 7.20. The standard InChI is InChI=1S/C13H9Cl2N3S/c14-11-6-5-8(19-11)7-16-12-9-3-1-2-4-10(9)17-13(15)18-12/h1-6H,7H2,(H,16,17,18). The second kappa shape index (κ2) is 5.33. The van der Waals surface area contributed by atoms with Crippen molar-refractivity contribution >= 4 is 51.3 Å². The summed E-state index contributed by atoms with van der Waals surface area (Å²) in [7, 11) is 0. The van der Waals surface area contributed by atoms with Crippen molar-refractivity contribution in [1.82, 2.24) is 9.97 Å². The molecule has 3 rings (SSSR count). The summed E-state index contributed by atoms with van der Waals surface area (Å²) >= 11 is 13.4. The van der Waals surface area contributed by atoms with Gasteiger partial charge in [0.15, 0.2) is 0 Å². The van der Waals surface area contributed by atoms with Crippen LogP contribution in [-0.2, 0) is 6.54 Å². The van der Waals surface area contributed by atoms with Gasteiger partial charge in [-0.1, -0.05) is 23.7 Å². The van der Waals surface area contributed by atoms with E-state index in [1.54, 1.807) is 11.3 Å². The largest absolute Gasteiger partial charge is 0.365 e. The molecule has 0 aliphatic rings. The molecule has 96 valence electrons. The minimum Gasteiger partial charge on any atom is -0.365 e. The Balaban J connectivity index is 1.91. The van der Waals surface area contributed by atoms with Crippen molar-refractivity contribution in [2.45, 2.75) is 6.54 Å². The van der Waals surface area contributed by atoms with Crippen molar-refractivity contribution in [3.63, 3.8) is 0 Å². The fraction of sp³-hybridized carbons (Fsp3) is 0.0769. The fourth-order valence-electron chi connectivity index (χ4n) is 1.80. The van der Waals surface area contributed by atoms with Crippen LogP contribution in [-0.4, -0.2) is 9.97 Å². The van der Waals surface area contributed by atoms with Gasteiger partial charge in [0.2, 0.25) is 5.28 Å². The summed E-state index contributed by atoms with van der Waals surface area (Å²) in [4.78, 5) is 9.57. The van der Waals surface area contributed by atoms with Crippen molar-refractivity contribution in [3.8, 4) is 0 Å². The third-order valence-electron chi connectivity index (χ3n) is 2.63. The number of anilines is 1. The molecule has 0 atom stereocenters. The molecule has 0 amide bonds. The van der Waals surface area contributed by atoms with Crippen LogP contribution in [0.15, 0.2) is 36.4 Å². The van der Waals surface area contributed by atoms with Crippen LogP contribution in [0.5, 0.6) is 0 Å². The minimum atomic E-state index is 0.241. The van der Waals surface area contributed by atoms with E-state index in [1.807, 2.05) is 36.4 Å². The normalized spacial score (nSPS) is 10.8. The zero-order valence-corrected chi connectivity index (χ0v) is 12.1. The summed E-state index contributed by atoms with van der Waals surface area (Å²) in [5, 5.41) is 4.47. The fourth-order valence-corrected chi connectivity index (χ4v) is 3.00. The van der Waals surface area contributed by atoms with Gasteiger partial charge in [-0.05, 0) is 35.9 Å². The number of thiophene rings is 1. The summed E-state index contributed by atoms with van der Waals surface area (Å²) in [6.07, 6.45) is 0. The van der Waals surface area contributed by atoms with Crippen molar-refractivity contribution in [2.24, 2.45) is 0 Å². The monoisotopic (exact) mass is 309 g/mol. The summed E-state index contributed by atoms with van der Waals surface area (Å²) in [6.45, 7) is 0.661. The van der Waals surface area contributed by atoms with Gasteiger partial charge in [-0.25, -0.2) is 9.97 Å². The second-order valence-corrected chi connectivity index (χ2v) is 6.06. The number of aromatic nitrogens is 2. The zero-order valence-electron chi connectivity index (χ0n) is 9.73. The van der Waals surface area contributed by atoms with Gasteiger partial charge in [0, 0.05) is 10.3 Å². The molecule has 0 fully saturated rings. The maximum atomic E-state index is 5.93. The first-order valence-electron chi connectivity index (χ1n) is 5.63. The zero-order chi connectivity index (χ0) is 13.2. The second-order valence-electron chi connectivity index (χ2n) is 3.92. The topological polar surface area (TPSA) is 37.8 Å². The van der Waals surface area contributed by atoms with E-state index in [2.05, 4.69) is 15.3 Å². The van der Waals surface area contributed by atoms with E-state index in [4.69, 9.17) is 23.2 Å². The smallest absolute Gasteiger partial charge is 0.224 e. The lowest BCUT2D eigenvalue weighted by Gasteiger charge is -2.07. The highest BCUT2D eigenvalue weighted by atomic mass is 35.5. The lowest BCUT2D eigenvalue weighted by molar-refractivity contribution is 1.13. The Morgan fingerprint density at radius 1 is 1.05 bits per heavy atom. The van der Waals surface area contributed by atoms with E-state index in [0.29, 0.717) is 6.54 Å². The van der Waals surface area contributed by atoms with Gasteiger partial charge < -0.3 is 5.32 Å². The molecule has 0 radical (unpaired) electrons. The van der Waals surface area contributed by atoms with Crippen LogP contribution in [0.3, 0.4) is 0 Å². The summed E-state index contributed by atoms with van der Waals surface area (Å²) in [5.74, 6) is 0.736. The Bertz CT molecular complexity index is 727. The molecule has 3 aromatic rings. The van der Waals surface area contributed by atoms with Gasteiger partial charge in [0.1, 0.15) is 5.82 Å². The van der Waals surface area contributed by atoms with E-state index in [0.717, 1.165) is 25.9 Å². The summed E-state index contributed by atoms with van der Waals surface area (Å²) < 4.78 is 0.780. The molecular weight excluding hydrogens is 301 g/mol. The molecule has 0 unspecified atom stereocenters. The van der Waals surface area contributed by atoms with Crippen LogP contribution in [0.2, 0.25) is 9.62 Å². The maximum absolute atomic E-state index is 5.93. The number of para-hydroxylation sites is 1. The van der Waals surface area contributed by atoms with Gasteiger partial charge >= 0.3 is 0 Å². The molecule has 3 nitrogen and oxygen atoms in total. The van der Waals surface area contributed by atoms with Crippen molar-refractivity contribution in [2.75, 3.05) is 5.32 Å². The number of halogens is 2. The summed E-state index contributed by atoms with van der Waals surface area (Å²) in [6, 6.07) is 11.6. The molecule has 0 saturated heterocycles. The predicted octanol–water partition coefficient (Wildman–Crippen LogP) is 4.61. The average Bonchev–Trinajstić information content (AvgIpc) is 2.81. The van der Waals surface area contributed by atoms with Crippen LogP contribution < -0.4 is 5.32 Å². The van der Waals surface area contributed by atoms with Crippen LogP contribution in [0, 0.1) is 0 Å². The highest BCUT2D eigenvalue weighted by Crippen LogP contribution is 2.25. The van der Waals surface area contributed by atoms with Crippen LogP contribution in [0.4, 0.5) is 5.82 Å². The first kappa shape index (κ1) is 12.7. The van der Waals surface area contributed by atoms with Crippen molar-refractivity contribution in [1.29, 1.82) is 0 Å². The van der Waals surface area contributed by atoms with Gasteiger partial charge in [-0.15, -0.1) is 11.3 Å². The highest BCUT2D eigenvalue weighted by molar-refractivity contribution is 7.16. The molecule has 0 aliphatic heterocycles. The predicted molar refractivity (Wildman–Crippen MR) is 81.2 cm³/mol. The molecule has 6 heteroatoms. The lowest BCUT2D eigenvalue weighted by atomic mass is 10.2. The number of benzene rings is 1. The van der Waals surface area contributed by atoms with E-state index < -0.39 is 0 Å². The molecule has 0 spiro atoms. The Labute approximate surface area is 124 Å². The van der Waals surface area contributed by atoms with Crippen LogP contribution >= 0.6 is 34.5 Å². The Morgan fingerprint density at radius 3 is 2.68 bits per heavy atom. The van der Waals surface area contributed by atoms with Gasteiger partial charge in [-0.3, -0.25) is 0 Å². The van der Waals surface area contributed by atoms with Gasteiger partial charge in [0.05, 0.1) is 16.4 Å². The molecule has 2 aromatic heterocycles. The quantitative estimate of drug-likeness (QED) is 0.718. The molecular formula is C13H9Cl2N3S. The van der Waals surface area contributed by atoms with E-state index in [-0.39, 0.29) is 5.28 Å². The first-order chi connectivity index (χ1) is 9.22. The highest BCUT2D eigenvalue weighted by Gasteiger charge is 2.06. The van der Waals surface area contributed by atoms with Crippen molar-refractivity contribution in [3.05, 3.63) is 50.9 Å². The van der Waals surface area contributed by atoms with E-state index in [1.165, 1.54) is 0 Å². The molecule has 0 saturated carbocycles. The number of rotatable bonds is 3. The Kier molecular flexibility index (Phi) is 3.55. The lowest BCUT2D eigenvalue weighted by Crippen LogP contribution is -2.01. The number of hydrogen-bond acceptors (Lipinski definition) is 4. The number of fused-ring (bicyclic) bond motifs is 1. The average molecular weight is 310 g/mol. The number of nitrogens with one attached hydrogen (secondary N) is 1. The molecule has 19 heavy (non-hydrogen) atoms. The van der Waals surface area contributed by atoms with Crippen molar-refractivity contribution < 1.29 is 0 Å². The Hall–Kier alpha value is -1.36. The van der Waals surface area contributed by atoms with E-state index >= 15 is 0 Å². The minimum absolute atomic E-state index is 0.241. The molecule has 0 aliphatic carbocycles. The number of nitrogens with zero attached hydrogens (tertiary/aromatic N) is 2. The van der Waals surface area contributed by atoms with Crippen LogP contribution in [0.1, 0.15) is 4.88 Å².